The third kappa shape index (κ3) is 3.50. The Kier molecular flexibility index (Phi) is 4.33. The van der Waals surface area contributed by atoms with Crippen molar-refractivity contribution < 1.29 is 4.79 Å². The monoisotopic (exact) mass is 312 g/mol. The van der Waals surface area contributed by atoms with Crippen molar-refractivity contribution in [1.29, 1.82) is 0 Å². The van der Waals surface area contributed by atoms with Gasteiger partial charge in [0.25, 0.3) is 0 Å². The van der Waals surface area contributed by atoms with Crippen molar-refractivity contribution in [2.75, 3.05) is 13.1 Å². The van der Waals surface area contributed by atoms with Gasteiger partial charge in [-0.3, -0.25) is 4.79 Å². The molecule has 2 N–H and O–H groups in total. The Bertz CT molecular complexity index is 654. The van der Waals surface area contributed by atoms with Crippen LogP contribution in [0.2, 0.25) is 0 Å². The summed E-state index contributed by atoms with van der Waals surface area (Å²) in [4.78, 5) is 16.7. The average Bonchev–Trinajstić information content (AvgIpc) is 2.96. The largest absolute Gasteiger partial charge is 0.352 e. The zero-order chi connectivity index (χ0) is 16.5. The first kappa shape index (κ1) is 16.3. The van der Waals surface area contributed by atoms with Crippen LogP contribution in [0.25, 0.3) is 10.9 Å². The molecule has 124 valence electrons. The van der Waals surface area contributed by atoms with E-state index >= 15 is 0 Å². The summed E-state index contributed by atoms with van der Waals surface area (Å²) in [6.45, 7) is 8.66. The molecule has 0 unspecified atom stereocenters. The van der Waals surface area contributed by atoms with E-state index in [1.165, 1.54) is 0 Å². The molecule has 1 aromatic heterocycles. The number of Topliss-reactive ketones (excluding diaryl/α,β-unsaturated/α-hetero) is 1. The summed E-state index contributed by atoms with van der Waals surface area (Å²) in [6, 6.07) is 10.2. The van der Waals surface area contributed by atoms with Gasteiger partial charge in [0.15, 0.2) is 5.78 Å². The van der Waals surface area contributed by atoms with E-state index in [0.717, 1.165) is 55.4 Å². The zero-order valence-electron chi connectivity index (χ0n) is 14.5. The Morgan fingerprint density at radius 1 is 1.17 bits per heavy atom. The number of piperidine rings is 1. The lowest BCUT2D eigenvalue weighted by atomic mass is 9.68. The van der Waals surface area contributed by atoms with Crippen LogP contribution in [0.4, 0.5) is 0 Å². The molecule has 0 aliphatic carbocycles. The van der Waals surface area contributed by atoms with Crippen LogP contribution in [0.3, 0.4) is 0 Å². The van der Waals surface area contributed by atoms with Gasteiger partial charge in [0, 0.05) is 16.3 Å². The van der Waals surface area contributed by atoms with E-state index in [1.54, 1.807) is 0 Å². The van der Waals surface area contributed by atoms with Gasteiger partial charge < -0.3 is 10.3 Å². The summed E-state index contributed by atoms with van der Waals surface area (Å²) in [7, 11) is 0. The normalized spacial score (nSPS) is 18.2. The second kappa shape index (κ2) is 6.12. The van der Waals surface area contributed by atoms with Crippen LogP contribution >= 0.6 is 0 Å². The van der Waals surface area contributed by atoms with Crippen molar-refractivity contribution in [1.82, 2.24) is 10.3 Å². The smallest absolute Gasteiger partial charge is 0.185 e. The Labute approximate surface area is 138 Å². The van der Waals surface area contributed by atoms with E-state index < -0.39 is 0 Å². The predicted octanol–water partition coefficient (Wildman–Crippen LogP) is 4.55. The van der Waals surface area contributed by atoms with Gasteiger partial charge in [0.2, 0.25) is 0 Å². The molecule has 2 aromatic rings. The van der Waals surface area contributed by atoms with E-state index in [4.69, 9.17) is 0 Å². The van der Waals surface area contributed by atoms with Crippen molar-refractivity contribution in [2.45, 2.75) is 46.5 Å². The second-order valence-electron chi connectivity index (χ2n) is 8.19. The van der Waals surface area contributed by atoms with Crippen LogP contribution < -0.4 is 5.32 Å². The van der Waals surface area contributed by atoms with Crippen molar-refractivity contribution >= 4 is 16.7 Å². The number of hydrogen-bond donors (Lipinski definition) is 2. The lowest BCUT2D eigenvalue weighted by Crippen LogP contribution is -2.43. The predicted molar refractivity (Wildman–Crippen MR) is 95.9 cm³/mol. The molecule has 3 rings (SSSR count). The van der Waals surface area contributed by atoms with E-state index in [9.17, 15) is 4.79 Å². The van der Waals surface area contributed by atoms with Crippen LogP contribution in [0.5, 0.6) is 0 Å². The molecule has 3 heteroatoms. The van der Waals surface area contributed by atoms with Crippen LogP contribution in [-0.4, -0.2) is 23.9 Å². The topological polar surface area (TPSA) is 44.9 Å². The second-order valence-corrected chi connectivity index (χ2v) is 8.19. The van der Waals surface area contributed by atoms with E-state index in [-0.39, 0.29) is 10.8 Å². The molecular formula is C20H28N2O. The summed E-state index contributed by atoms with van der Waals surface area (Å²) in [6.07, 6.45) is 3.94. The molecule has 1 fully saturated rings. The highest BCUT2D eigenvalue weighted by Gasteiger charge is 2.40. The molecule has 1 aromatic carbocycles. The molecule has 2 heterocycles. The van der Waals surface area contributed by atoms with Crippen molar-refractivity contribution in [3.63, 3.8) is 0 Å². The number of carbonyl (C=O) groups excluding carboxylic acids is 1. The highest BCUT2D eigenvalue weighted by atomic mass is 16.1. The number of nitrogens with one attached hydrogen (secondary N) is 2. The SMILES string of the molecule is CC(C)(C)CCC1(C(=O)c2cc3ccccc3[nH]2)CCNCC1. The van der Waals surface area contributed by atoms with Crippen molar-refractivity contribution in [2.24, 2.45) is 10.8 Å². The van der Waals surface area contributed by atoms with Crippen LogP contribution in [0.1, 0.15) is 56.9 Å². The number of aromatic nitrogens is 1. The van der Waals surface area contributed by atoms with Gasteiger partial charge in [-0.05, 0) is 56.3 Å². The molecule has 0 saturated carbocycles. The van der Waals surface area contributed by atoms with Crippen LogP contribution in [0, 0.1) is 10.8 Å². The van der Waals surface area contributed by atoms with Gasteiger partial charge in [-0.15, -0.1) is 0 Å². The van der Waals surface area contributed by atoms with Gasteiger partial charge in [-0.25, -0.2) is 0 Å². The summed E-state index contributed by atoms with van der Waals surface area (Å²) in [5.41, 5.74) is 1.88. The molecule has 1 aliphatic heterocycles. The number of hydrogen-bond acceptors (Lipinski definition) is 2. The van der Waals surface area contributed by atoms with Crippen molar-refractivity contribution in [3.8, 4) is 0 Å². The fraction of sp³-hybridized carbons (Fsp3) is 0.550. The molecule has 1 aliphatic rings. The van der Waals surface area contributed by atoms with E-state index in [1.807, 2.05) is 24.3 Å². The fourth-order valence-electron chi connectivity index (χ4n) is 3.59. The highest BCUT2D eigenvalue weighted by molar-refractivity contribution is 6.02. The van der Waals surface area contributed by atoms with Gasteiger partial charge in [0.05, 0.1) is 5.69 Å². The number of rotatable bonds is 4. The number of ketones is 1. The first-order chi connectivity index (χ1) is 10.9. The molecule has 3 nitrogen and oxygen atoms in total. The van der Waals surface area contributed by atoms with Gasteiger partial charge in [-0.1, -0.05) is 39.0 Å². The molecule has 0 atom stereocenters. The van der Waals surface area contributed by atoms with Gasteiger partial charge in [0.1, 0.15) is 0 Å². The maximum absolute atomic E-state index is 13.3. The third-order valence-electron chi connectivity index (χ3n) is 5.17. The summed E-state index contributed by atoms with van der Waals surface area (Å²) < 4.78 is 0. The fourth-order valence-corrected chi connectivity index (χ4v) is 3.59. The number of H-pyrrole nitrogens is 1. The molecule has 23 heavy (non-hydrogen) atoms. The maximum Gasteiger partial charge on any atom is 0.185 e. The Balaban J connectivity index is 1.90. The number of carbonyl (C=O) groups is 1. The number of para-hydroxylation sites is 1. The molecular weight excluding hydrogens is 284 g/mol. The van der Waals surface area contributed by atoms with E-state index in [2.05, 4.69) is 37.1 Å². The Morgan fingerprint density at radius 2 is 1.87 bits per heavy atom. The minimum absolute atomic E-state index is 0.209. The molecule has 1 saturated heterocycles. The zero-order valence-corrected chi connectivity index (χ0v) is 14.5. The quantitative estimate of drug-likeness (QED) is 0.814. The standard InChI is InChI=1S/C20H28N2O/c1-19(2,3)8-9-20(10-12-21-13-11-20)18(23)17-14-15-6-4-5-7-16(15)22-17/h4-7,14,21-22H,8-13H2,1-3H3. The Morgan fingerprint density at radius 3 is 2.52 bits per heavy atom. The average molecular weight is 312 g/mol. The summed E-state index contributed by atoms with van der Waals surface area (Å²) in [5.74, 6) is 0.305. The van der Waals surface area contributed by atoms with Gasteiger partial charge in [-0.2, -0.15) is 0 Å². The number of aromatic amines is 1. The first-order valence-corrected chi connectivity index (χ1v) is 8.73. The summed E-state index contributed by atoms with van der Waals surface area (Å²) in [5, 5.41) is 4.53. The lowest BCUT2D eigenvalue weighted by Gasteiger charge is -2.38. The Hall–Kier alpha value is -1.61. The van der Waals surface area contributed by atoms with Crippen LogP contribution in [-0.2, 0) is 0 Å². The first-order valence-electron chi connectivity index (χ1n) is 8.73. The third-order valence-corrected chi connectivity index (χ3v) is 5.17. The number of fused-ring (bicyclic) bond motifs is 1. The minimum atomic E-state index is -0.209. The lowest BCUT2D eigenvalue weighted by molar-refractivity contribution is 0.0672. The molecule has 0 bridgehead atoms. The maximum atomic E-state index is 13.3. The molecule has 0 radical (unpaired) electrons. The van der Waals surface area contributed by atoms with Gasteiger partial charge >= 0.3 is 0 Å². The van der Waals surface area contributed by atoms with Crippen molar-refractivity contribution in [3.05, 3.63) is 36.0 Å². The van der Waals surface area contributed by atoms with E-state index in [0.29, 0.717) is 5.78 Å². The number of benzene rings is 1. The molecule has 0 amide bonds. The van der Waals surface area contributed by atoms with Crippen LogP contribution in [0.15, 0.2) is 30.3 Å². The minimum Gasteiger partial charge on any atom is -0.352 e. The highest BCUT2D eigenvalue weighted by Crippen LogP contribution is 2.40. The molecule has 0 spiro atoms. The summed E-state index contributed by atoms with van der Waals surface area (Å²) >= 11 is 0.